The van der Waals surface area contributed by atoms with Crippen LogP contribution in [0.5, 0.6) is 0 Å². The van der Waals surface area contributed by atoms with Crippen molar-refractivity contribution in [2.45, 2.75) is 63.2 Å². The Hall–Kier alpha value is -0.550. The van der Waals surface area contributed by atoms with Crippen LogP contribution in [0.1, 0.15) is 62.4 Å². The Morgan fingerprint density at radius 3 is 2.95 bits per heavy atom. The van der Waals surface area contributed by atoms with E-state index in [1.807, 2.05) is 11.8 Å². The first-order valence-corrected chi connectivity index (χ1v) is 9.09. The third kappa shape index (κ3) is 3.76. The fourth-order valence-electron chi connectivity index (χ4n) is 2.85. The molecule has 0 spiro atoms. The smallest absolute Gasteiger partial charge is 0.228 e. The average Bonchev–Trinajstić information content (AvgIpc) is 3.23. The van der Waals surface area contributed by atoms with Crippen molar-refractivity contribution in [2.75, 3.05) is 12.3 Å². The lowest BCUT2D eigenvalue weighted by atomic mass is 10.1. The van der Waals surface area contributed by atoms with Gasteiger partial charge in [-0.25, -0.2) is 0 Å². The zero-order valence-electron chi connectivity index (χ0n) is 12.3. The number of nitrogens with one attached hydrogen (secondary N) is 1. The second-order valence-corrected chi connectivity index (χ2v) is 7.31. The van der Waals surface area contributed by atoms with Gasteiger partial charge in [-0.1, -0.05) is 18.5 Å². The minimum absolute atomic E-state index is 0.462. The first-order chi connectivity index (χ1) is 9.86. The van der Waals surface area contributed by atoms with Gasteiger partial charge in [0.1, 0.15) is 0 Å². The number of nitrogens with zero attached hydrogens (tertiary/aromatic N) is 2. The van der Waals surface area contributed by atoms with Crippen LogP contribution in [0.4, 0.5) is 0 Å². The van der Waals surface area contributed by atoms with E-state index >= 15 is 0 Å². The number of hydrogen-bond donors (Lipinski definition) is 1. The summed E-state index contributed by atoms with van der Waals surface area (Å²) in [6, 6.07) is 0.530. The summed E-state index contributed by atoms with van der Waals surface area (Å²) >= 11 is 1.98. The Morgan fingerprint density at radius 1 is 1.35 bits per heavy atom. The van der Waals surface area contributed by atoms with Crippen molar-refractivity contribution in [1.82, 2.24) is 15.5 Å². The lowest BCUT2D eigenvalue weighted by Crippen LogP contribution is -2.33. The number of rotatable bonds is 7. The van der Waals surface area contributed by atoms with E-state index in [-0.39, 0.29) is 0 Å². The molecule has 112 valence electrons. The minimum atomic E-state index is 0.462. The maximum Gasteiger partial charge on any atom is 0.228 e. The summed E-state index contributed by atoms with van der Waals surface area (Å²) in [6.45, 7) is 3.29. The molecule has 1 aliphatic heterocycles. The van der Waals surface area contributed by atoms with Crippen LogP contribution >= 0.6 is 11.8 Å². The fraction of sp³-hybridized carbons (Fsp3) is 0.867. The van der Waals surface area contributed by atoms with Crippen molar-refractivity contribution >= 4 is 11.8 Å². The third-order valence-electron chi connectivity index (χ3n) is 4.19. The second kappa shape index (κ2) is 6.94. The molecule has 2 fully saturated rings. The lowest BCUT2D eigenvalue weighted by Gasteiger charge is -2.17. The van der Waals surface area contributed by atoms with Gasteiger partial charge in [-0.15, -0.1) is 0 Å². The van der Waals surface area contributed by atoms with Gasteiger partial charge in [0.05, 0.1) is 5.25 Å². The molecule has 0 aromatic carbocycles. The molecular formula is C15H25N3OS. The molecule has 1 N–H and O–H groups in total. The maximum atomic E-state index is 5.49. The van der Waals surface area contributed by atoms with Crippen molar-refractivity contribution in [3.05, 3.63) is 11.7 Å². The quantitative estimate of drug-likeness (QED) is 0.836. The highest BCUT2D eigenvalue weighted by Crippen LogP contribution is 2.37. The van der Waals surface area contributed by atoms with Gasteiger partial charge in [-0.05, 0) is 50.3 Å². The molecule has 1 saturated carbocycles. The summed E-state index contributed by atoms with van der Waals surface area (Å²) in [5, 5.41) is 8.32. The molecule has 5 heteroatoms. The van der Waals surface area contributed by atoms with Crippen molar-refractivity contribution in [3.63, 3.8) is 0 Å². The number of aromatic nitrogens is 2. The summed E-state index contributed by atoms with van der Waals surface area (Å²) in [4.78, 5) is 4.65. The van der Waals surface area contributed by atoms with E-state index < -0.39 is 0 Å². The van der Waals surface area contributed by atoms with Gasteiger partial charge in [-0.3, -0.25) is 0 Å². The van der Waals surface area contributed by atoms with E-state index in [2.05, 4.69) is 22.4 Å². The molecule has 4 nitrogen and oxygen atoms in total. The summed E-state index contributed by atoms with van der Waals surface area (Å²) < 4.78 is 5.49. The van der Waals surface area contributed by atoms with Gasteiger partial charge < -0.3 is 9.84 Å². The van der Waals surface area contributed by atoms with Crippen molar-refractivity contribution in [2.24, 2.45) is 5.92 Å². The van der Waals surface area contributed by atoms with Crippen molar-refractivity contribution in [1.29, 1.82) is 0 Å². The predicted octanol–water partition coefficient (Wildman–Crippen LogP) is 3.35. The Morgan fingerprint density at radius 2 is 2.25 bits per heavy atom. The average molecular weight is 295 g/mol. The monoisotopic (exact) mass is 295 g/mol. The van der Waals surface area contributed by atoms with E-state index in [1.165, 1.54) is 44.3 Å². The molecule has 0 bridgehead atoms. The molecule has 0 amide bonds. The highest BCUT2D eigenvalue weighted by molar-refractivity contribution is 7.99. The first-order valence-electron chi connectivity index (χ1n) is 8.04. The van der Waals surface area contributed by atoms with Gasteiger partial charge in [0.2, 0.25) is 5.89 Å². The minimum Gasteiger partial charge on any atom is -0.339 e. The van der Waals surface area contributed by atoms with Crippen LogP contribution in [-0.2, 0) is 6.42 Å². The highest BCUT2D eigenvalue weighted by atomic mass is 32.2. The first kappa shape index (κ1) is 14.4. The summed E-state index contributed by atoms with van der Waals surface area (Å²) in [7, 11) is 0. The Bertz CT molecular complexity index is 413. The van der Waals surface area contributed by atoms with E-state index in [1.54, 1.807) is 0 Å². The third-order valence-corrected chi connectivity index (χ3v) is 5.57. The van der Waals surface area contributed by atoms with Gasteiger partial charge in [0.25, 0.3) is 0 Å². The van der Waals surface area contributed by atoms with E-state index in [4.69, 9.17) is 4.52 Å². The van der Waals surface area contributed by atoms with Crippen molar-refractivity contribution in [3.8, 4) is 0 Å². The molecule has 2 heterocycles. The molecule has 2 aliphatic rings. The zero-order chi connectivity index (χ0) is 13.8. The van der Waals surface area contributed by atoms with E-state index in [0.717, 1.165) is 30.6 Å². The maximum absolute atomic E-state index is 5.49. The normalized spacial score (nSPS) is 24.8. The molecule has 20 heavy (non-hydrogen) atoms. The standard InChI is InChI=1S/C15H25N3OS/c1-2-8-16-12(11-6-7-11)10-14-17-15(18-19-14)13-5-3-4-9-20-13/h11-13,16H,2-10H2,1H3. The zero-order valence-corrected chi connectivity index (χ0v) is 13.1. The van der Waals surface area contributed by atoms with Gasteiger partial charge in [0, 0.05) is 12.5 Å². The van der Waals surface area contributed by atoms with E-state index in [9.17, 15) is 0 Å². The largest absolute Gasteiger partial charge is 0.339 e. The Kier molecular flexibility index (Phi) is 4.99. The molecule has 0 radical (unpaired) electrons. The molecule has 1 aromatic rings. The van der Waals surface area contributed by atoms with Gasteiger partial charge in [-0.2, -0.15) is 16.7 Å². The van der Waals surface area contributed by atoms with Gasteiger partial charge in [0.15, 0.2) is 5.82 Å². The molecule has 1 saturated heterocycles. The molecule has 2 unspecified atom stereocenters. The Labute approximate surface area is 125 Å². The van der Waals surface area contributed by atoms with Gasteiger partial charge >= 0.3 is 0 Å². The summed E-state index contributed by atoms with van der Waals surface area (Å²) in [6.07, 6.45) is 8.60. The van der Waals surface area contributed by atoms with Crippen molar-refractivity contribution < 1.29 is 4.52 Å². The van der Waals surface area contributed by atoms with Crippen LogP contribution in [-0.4, -0.2) is 28.5 Å². The van der Waals surface area contributed by atoms with Crippen LogP contribution in [0.15, 0.2) is 4.52 Å². The van der Waals surface area contributed by atoms with E-state index in [0.29, 0.717) is 11.3 Å². The molecule has 2 atom stereocenters. The fourth-order valence-corrected chi connectivity index (χ4v) is 4.08. The number of thioether (sulfide) groups is 1. The lowest BCUT2D eigenvalue weighted by molar-refractivity contribution is 0.342. The summed E-state index contributed by atoms with van der Waals surface area (Å²) in [5.74, 6) is 3.81. The summed E-state index contributed by atoms with van der Waals surface area (Å²) in [5.41, 5.74) is 0. The van der Waals surface area contributed by atoms with Crippen LogP contribution in [0.3, 0.4) is 0 Å². The molecule has 1 aliphatic carbocycles. The molecule has 3 rings (SSSR count). The molecular weight excluding hydrogens is 270 g/mol. The molecule has 1 aromatic heterocycles. The number of hydrogen-bond acceptors (Lipinski definition) is 5. The van der Waals surface area contributed by atoms with Crippen LogP contribution in [0.25, 0.3) is 0 Å². The topological polar surface area (TPSA) is 51.0 Å². The van der Waals surface area contributed by atoms with Crippen LogP contribution in [0.2, 0.25) is 0 Å². The SMILES string of the molecule is CCCNC(Cc1nc(C2CCCCS2)no1)C1CC1. The highest BCUT2D eigenvalue weighted by Gasteiger charge is 2.32. The Balaban J connectivity index is 1.57. The van der Waals surface area contributed by atoms with Crippen LogP contribution < -0.4 is 5.32 Å². The van der Waals surface area contributed by atoms with Crippen LogP contribution in [0, 0.1) is 5.92 Å². The second-order valence-electron chi connectivity index (χ2n) is 6.00. The predicted molar refractivity (Wildman–Crippen MR) is 81.9 cm³/mol.